The van der Waals surface area contributed by atoms with Gasteiger partial charge in [0.1, 0.15) is 0 Å². The van der Waals surface area contributed by atoms with E-state index in [9.17, 15) is 0 Å². The van der Waals surface area contributed by atoms with Crippen molar-refractivity contribution < 1.29 is 0 Å². The zero-order valence-electron chi connectivity index (χ0n) is 13.5. The van der Waals surface area contributed by atoms with E-state index in [1.54, 1.807) is 0 Å². The Hall–Kier alpha value is -1.33. The molecule has 0 nitrogen and oxygen atoms in total. The number of alkyl halides is 2. The van der Waals surface area contributed by atoms with Gasteiger partial charge < -0.3 is 0 Å². The molecule has 0 amide bonds. The van der Waals surface area contributed by atoms with Crippen molar-refractivity contribution >= 4 is 63.0 Å². The van der Waals surface area contributed by atoms with Crippen LogP contribution >= 0.6 is 23.2 Å². The minimum atomic E-state index is -0.463. The maximum Gasteiger partial charge on any atom is 0.0879 e. The molecule has 0 N–H and O–H groups in total. The molecule has 0 unspecified atom stereocenters. The topological polar surface area (TPSA) is 0 Å². The number of hydrogen-bond donors (Lipinski definition) is 0. The highest BCUT2D eigenvalue weighted by atomic mass is 35.5. The van der Waals surface area contributed by atoms with E-state index in [1.165, 1.54) is 31.9 Å². The molecule has 0 fully saturated rings. The van der Waals surface area contributed by atoms with Crippen LogP contribution in [0.5, 0.6) is 0 Å². The van der Waals surface area contributed by atoms with Crippen LogP contribution in [0.15, 0.2) is 72.8 Å². The largest absolute Gasteiger partial charge is 0.122 e. The van der Waals surface area contributed by atoms with E-state index in [4.69, 9.17) is 23.2 Å². The lowest BCUT2D eigenvalue weighted by molar-refractivity contribution is 1.44. The van der Waals surface area contributed by atoms with Crippen LogP contribution in [0.2, 0.25) is 0 Å². The molecule has 0 spiro atoms. The van der Waals surface area contributed by atoms with Crippen molar-refractivity contribution in [2.45, 2.75) is 11.8 Å². The molecule has 3 aromatic rings. The van der Waals surface area contributed by atoms with Crippen molar-refractivity contribution in [1.82, 2.24) is 0 Å². The Morgan fingerprint density at radius 2 is 0.917 bits per heavy atom. The lowest BCUT2D eigenvalue weighted by Crippen LogP contribution is -2.33. The molecule has 3 rings (SSSR count). The van der Waals surface area contributed by atoms with E-state index in [-0.39, 0.29) is 0 Å². The van der Waals surface area contributed by atoms with E-state index in [1.807, 2.05) is 0 Å². The van der Waals surface area contributed by atoms with Crippen LogP contribution in [-0.2, 0) is 11.8 Å². The number of rotatable bonds is 6. The second-order valence-corrected chi connectivity index (χ2v) is 10.4. The summed E-state index contributed by atoms with van der Waals surface area (Å²) in [6.45, 7) is 0. The first-order chi connectivity index (χ1) is 11.8. The lowest BCUT2D eigenvalue weighted by Gasteiger charge is -2.09. The summed E-state index contributed by atoms with van der Waals surface area (Å²) in [5.41, 5.74) is 2.56. The second-order valence-electron chi connectivity index (χ2n) is 5.97. The van der Waals surface area contributed by atoms with Crippen LogP contribution in [-0.4, -0.2) is 19.0 Å². The van der Waals surface area contributed by atoms with Gasteiger partial charge in [0.15, 0.2) is 0 Å². The van der Waals surface area contributed by atoms with E-state index >= 15 is 0 Å². The standard InChI is InChI=1S/C20H20Cl2Si2/c21-13-15-5-1-3-7-19(15)23-17-9-11-18(12-10-17)24-20-8-4-2-6-16(20)14-22/h1-12H,13-14,23-24H2. The van der Waals surface area contributed by atoms with Crippen LogP contribution in [0.1, 0.15) is 11.1 Å². The predicted octanol–water partition coefficient (Wildman–Crippen LogP) is 1.40. The van der Waals surface area contributed by atoms with Crippen molar-refractivity contribution in [3.05, 3.63) is 83.9 Å². The summed E-state index contributed by atoms with van der Waals surface area (Å²) in [7, 11) is -0.926. The fourth-order valence-electron chi connectivity index (χ4n) is 2.94. The Labute approximate surface area is 158 Å². The molecule has 3 aromatic carbocycles. The van der Waals surface area contributed by atoms with Crippen molar-refractivity contribution in [3.63, 3.8) is 0 Å². The first-order valence-corrected chi connectivity index (χ1v) is 12.0. The van der Waals surface area contributed by atoms with Gasteiger partial charge in [0.05, 0.1) is 19.0 Å². The van der Waals surface area contributed by atoms with Crippen LogP contribution < -0.4 is 20.7 Å². The molecule has 122 valence electrons. The predicted molar refractivity (Wildman–Crippen MR) is 114 cm³/mol. The summed E-state index contributed by atoms with van der Waals surface area (Å²) in [5, 5.41) is 5.84. The van der Waals surface area contributed by atoms with Crippen molar-refractivity contribution in [3.8, 4) is 0 Å². The molecular formula is C20H20Cl2Si2. The fourth-order valence-corrected chi connectivity index (χ4v) is 7.04. The molecular weight excluding hydrogens is 367 g/mol. The van der Waals surface area contributed by atoms with E-state index < -0.39 is 19.0 Å². The third-order valence-corrected chi connectivity index (χ3v) is 8.81. The van der Waals surface area contributed by atoms with Crippen molar-refractivity contribution in [2.75, 3.05) is 0 Å². The maximum atomic E-state index is 6.06. The second kappa shape index (κ2) is 8.68. The molecule has 24 heavy (non-hydrogen) atoms. The molecule has 0 heterocycles. The zero-order chi connectivity index (χ0) is 16.8. The Bertz CT molecular complexity index is 732. The third kappa shape index (κ3) is 4.39. The highest BCUT2D eigenvalue weighted by molar-refractivity contribution is 6.69. The normalized spacial score (nSPS) is 11.8. The summed E-state index contributed by atoms with van der Waals surface area (Å²) < 4.78 is 0. The Morgan fingerprint density at radius 1 is 0.542 bits per heavy atom. The Morgan fingerprint density at radius 3 is 1.29 bits per heavy atom. The zero-order valence-corrected chi connectivity index (χ0v) is 17.9. The van der Waals surface area contributed by atoms with Crippen LogP contribution in [0, 0.1) is 0 Å². The molecule has 0 atom stereocenters. The van der Waals surface area contributed by atoms with Gasteiger partial charge in [0.2, 0.25) is 0 Å². The van der Waals surface area contributed by atoms with Gasteiger partial charge in [-0.25, -0.2) is 0 Å². The molecule has 0 aromatic heterocycles. The minimum absolute atomic E-state index is 0.463. The summed E-state index contributed by atoms with van der Waals surface area (Å²) in [5.74, 6) is 1.20. The molecule has 0 saturated heterocycles. The number of hydrogen-bond acceptors (Lipinski definition) is 0. The van der Waals surface area contributed by atoms with Gasteiger partial charge in [0.25, 0.3) is 0 Å². The van der Waals surface area contributed by atoms with Gasteiger partial charge in [-0.2, -0.15) is 0 Å². The van der Waals surface area contributed by atoms with Crippen molar-refractivity contribution in [1.29, 1.82) is 0 Å². The summed E-state index contributed by atoms with van der Waals surface area (Å²) in [6, 6.07) is 26.3. The average molecular weight is 387 g/mol. The molecule has 0 bridgehead atoms. The van der Waals surface area contributed by atoms with Gasteiger partial charge in [-0.1, -0.05) is 93.5 Å². The first kappa shape index (κ1) is 17.5. The summed E-state index contributed by atoms with van der Waals surface area (Å²) >= 11 is 12.1. The molecule has 0 aliphatic heterocycles. The van der Waals surface area contributed by atoms with Gasteiger partial charge >= 0.3 is 0 Å². The van der Waals surface area contributed by atoms with Crippen LogP contribution in [0.3, 0.4) is 0 Å². The number of benzene rings is 3. The quantitative estimate of drug-likeness (QED) is 0.443. The monoisotopic (exact) mass is 386 g/mol. The lowest BCUT2D eigenvalue weighted by atomic mass is 10.2. The molecule has 0 radical (unpaired) electrons. The minimum Gasteiger partial charge on any atom is -0.122 e. The maximum absolute atomic E-state index is 6.06. The van der Waals surface area contributed by atoms with Crippen LogP contribution in [0.25, 0.3) is 0 Å². The van der Waals surface area contributed by atoms with Gasteiger partial charge in [-0.05, 0) is 11.1 Å². The Kier molecular flexibility index (Phi) is 6.33. The highest BCUT2D eigenvalue weighted by Gasteiger charge is 2.05. The average Bonchev–Trinajstić information content (AvgIpc) is 2.64. The Balaban J connectivity index is 1.74. The summed E-state index contributed by atoms with van der Waals surface area (Å²) in [4.78, 5) is 0. The molecule has 0 aliphatic rings. The van der Waals surface area contributed by atoms with E-state index in [0.717, 1.165) is 0 Å². The molecule has 0 aliphatic carbocycles. The first-order valence-electron chi connectivity index (χ1n) is 8.13. The highest BCUT2D eigenvalue weighted by Crippen LogP contribution is 2.01. The molecule has 0 saturated carbocycles. The third-order valence-electron chi connectivity index (χ3n) is 4.34. The van der Waals surface area contributed by atoms with Crippen LogP contribution in [0.4, 0.5) is 0 Å². The number of halogens is 2. The van der Waals surface area contributed by atoms with Gasteiger partial charge in [0, 0.05) is 11.8 Å². The SMILES string of the molecule is ClCc1ccccc1[SiH2]c1ccc([SiH2]c2ccccc2CCl)cc1. The smallest absolute Gasteiger partial charge is 0.0879 e. The fraction of sp³-hybridized carbons (Fsp3) is 0.100. The van der Waals surface area contributed by atoms with E-state index in [2.05, 4.69) is 72.8 Å². The van der Waals surface area contributed by atoms with Gasteiger partial charge in [-0.3, -0.25) is 0 Å². The van der Waals surface area contributed by atoms with Crippen molar-refractivity contribution in [2.24, 2.45) is 0 Å². The van der Waals surface area contributed by atoms with E-state index in [0.29, 0.717) is 11.8 Å². The van der Waals surface area contributed by atoms with Gasteiger partial charge in [-0.15, -0.1) is 23.2 Å². The summed E-state index contributed by atoms with van der Waals surface area (Å²) in [6.07, 6.45) is 0. The molecule has 4 heteroatoms.